The highest BCUT2D eigenvalue weighted by molar-refractivity contribution is 6.29. The average Bonchev–Trinajstić information content (AvgIpc) is 2.71. The lowest BCUT2D eigenvalue weighted by molar-refractivity contribution is 0.0374. The molecule has 1 N–H and O–H groups in total. The maximum Gasteiger partial charge on any atom is 0.128 e. The predicted molar refractivity (Wildman–Crippen MR) is 71.8 cm³/mol. The summed E-state index contributed by atoms with van der Waals surface area (Å²) in [5.41, 5.74) is 0. The predicted octanol–water partition coefficient (Wildman–Crippen LogP) is 0.885. The van der Waals surface area contributed by atoms with E-state index >= 15 is 0 Å². The van der Waals surface area contributed by atoms with Gasteiger partial charge in [-0.15, -0.1) is 0 Å². The number of rotatable bonds is 6. The Morgan fingerprint density at radius 3 is 2.89 bits per heavy atom. The molecular formula is C12H21ClN4O. The van der Waals surface area contributed by atoms with Gasteiger partial charge in [0.25, 0.3) is 0 Å². The second-order valence-electron chi connectivity index (χ2n) is 4.54. The van der Waals surface area contributed by atoms with Crippen molar-refractivity contribution in [3.63, 3.8) is 0 Å². The van der Waals surface area contributed by atoms with E-state index in [2.05, 4.69) is 15.2 Å². The second-order valence-corrected chi connectivity index (χ2v) is 4.93. The quantitative estimate of drug-likeness (QED) is 0.781. The minimum atomic E-state index is 0.681. The van der Waals surface area contributed by atoms with E-state index in [1.165, 1.54) is 0 Å². The fraction of sp³-hybridized carbons (Fsp3) is 0.750. The van der Waals surface area contributed by atoms with Crippen LogP contribution >= 0.6 is 11.6 Å². The SMILES string of the molecule is Cn1c(Cl)cnc1CNCCCN1CCOCC1. The van der Waals surface area contributed by atoms with Crippen molar-refractivity contribution in [3.8, 4) is 0 Å². The van der Waals surface area contributed by atoms with Crippen LogP contribution in [0.2, 0.25) is 5.15 Å². The molecular weight excluding hydrogens is 252 g/mol. The van der Waals surface area contributed by atoms with Gasteiger partial charge in [0.1, 0.15) is 11.0 Å². The molecule has 0 bridgehead atoms. The highest BCUT2D eigenvalue weighted by Crippen LogP contribution is 2.08. The maximum atomic E-state index is 5.93. The van der Waals surface area contributed by atoms with E-state index in [0.717, 1.165) is 58.2 Å². The highest BCUT2D eigenvalue weighted by Gasteiger charge is 2.09. The minimum Gasteiger partial charge on any atom is -0.379 e. The van der Waals surface area contributed by atoms with Gasteiger partial charge in [-0.25, -0.2) is 4.98 Å². The number of hydrogen-bond acceptors (Lipinski definition) is 4. The number of morpholine rings is 1. The van der Waals surface area contributed by atoms with Crippen molar-refractivity contribution in [2.45, 2.75) is 13.0 Å². The lowest BCUT2D eigenvalue weighted by Gasteiger charge is -2.26. The molecule has 1 aromatic rings. The third-order valence-corrected chi connectivity index (χ3v) is 3.59. The lowest BCUT2D eigenvalue weighted by atomic mass is 10.3. The van der Waals surface area contributed by atoms with Gasteiger partial charge in [-0.05, 0) is 19.5 Å². The molecule has 6 heteroatoms. The van der Waals surface area contributed by atoms with Gasteiger partial charge in [-0.1, -0.05) is 11.6 Å². The van der Waals surface area contributed by atoms with E-state index in [9.17, 15) is 0 Å². The number of imidazole rings is 1. The monoisotopic (exact) mass is 272 g/mol. The van der Waals surface area contributed by atoms with Crippen LogP contribution in [0, 0.1) is 0 Å². The molecule has 0 unspecified atom stereocenters. The Bertz CT molecular complexity index is 363. The molecule has 2 rings (SSSR count). The third-order valence-electron chi connectivity index (χ3n) is 3.24. The molecule has 1 fully saturated rings. The Hall–Kier alpha value is -0.620. The van der Waals surface area contributed by atoms with Gasteiger partial charge >= 0.3 is 0 Å². The summed E-state index contributed by atoms with van der Waals surface area (Å²) in [5, 5.41) is 4.08. The van der Waals surface area contributed by atoms with Gasteiger partial charge in [-0.3, -0.25) is 4.90 Å². The van der Waals surface area contributed by atoms with Crippen molar-refractivity contribution < 1.29 is 4.74 Å². The number of ether oxygens (including phenoxy) is 1. The van der Waals surface area contributed by atoms with Crippen LogP contribution in [-0.4, -0.2) is 53.8 Å². The van der Waals surface area contributed by atoms with E-state index in [-0.39, 0.29) is 0 Å². The Morgan fingerprint density at radius 1 is 1.44 bits per heavy atom. The number of hydrogen-bond donors (Lipinski definition) is 1. The summed E-state index contributed by atoms with van der Waals surface area (Å²) in [7, 11) is 1.93. The largest absolute Gasteiger partial charge is 0.379 e. The first-order valence-corrected chi connectivity index (χ1v) is 6.82. The van der Waals surface area contributed by atoms with Crippen LogP contribution in [0.1, 0.15) is 12.2 Å². The van der Waals surface area contributed by atoms with Gasteiger partial charge < -0.3 is 14.6 Å². The summed E-state index contributed by atoms with van der Waals surface area (Å²) < 4.78 is 7.22. The van der Waals surface area contributed by atoms with Gasteiger partial charge in [0.05, 0.1) is 26.0 Å². The normalized spacial score (nSPS) is 17.2. The van der Waals surface area contributed by atoms with Crippen molar-refractivity contribution in [2.75, 3.05) is 39.4 Å². The zero-order chi connectivity index (χ0) is 12.8. The van der Waals surface area contributed by atoms with Crippen LogP contribution in [0.3, 0.4) is 0 Å². The fourth-order valence-corrected chi connectivity index (χ4v) is 2.19. The smallest absolute Gasteiger partial charge is 0.128 e. The fourth-order valence-electron chi connectivity index (χ4n) is 2.04. The van der Waals surface area contributed by atoms with E-state index in [1.54, 1.807) is 6.20 Å². The second kappa shape index (κ2) is 7.09. The summed E-state index contributed by atoms with van der Waals surface area (Å²) in [6.07, 6.45) is 2.84. The molecule has 18 heavy (non-hydrogen) atoms. The minimum absolute atomic E-state index is 0.681. The molecule has 102 valence electrons. The van der Waals surface area contributed by atoms with Crippen molar-refractivity contribution in [3.05, 3.63) is 17.2 Å². The Balaban J connectivity index is 1.57. The van der Waals surface area contributed by atoms with Crippen LogP contribution in [0.25, 0.3) is 0 Å². The summed E-state index contributed by atoms with van der Waals surface area (Å²) in [5.74, 6) is 0.978. The topological polar surface area (TPSA) is 42.3 Å². The molecule has 5 nitrogen and oxygen atoms in total. The molecule has 0 saturated carbocycles. The average molecular weight is 273 g/mol. The lowest BCUT2D eigenvalue weighted by Crippen LogP contribution is -2.37. The molecule has 0 atom stereocenters. The van der Waals surface area contributed by atoms with Crippen molar-refractivity contribution in [1.29, 1.82) is 0 Å². The molecule has 0 amide bonds. The summed E-state index contributed by atoms with van der Waals surface area (Å²) in [6, 6.07) is 0. The van der Waals surface area contributed by atoms with Crippen molar-refractivity contribution >= 4 is 11.6 Å². The molecule has 0 spiro atoms. The molecule has 1 saturated heterocycles. The molecule has 0 aromatic carbocycles. The Morgan fingerprint density at radius 2 is 2.22 bits per heavy atom. The maximum absolute atomic E-state index is 5.93. The van der Waals surface area contributed by atoms with Crippen molar-refractivity contribution in [1.82, 2.24) is 19.8 Å². The van der Waals surface area contributed by atoms with Gasteiger partial charge in [0, 0.05) is 20.1 Å². The Kier molecular flexibility index (Phi) is 5.44. The van der Waals surface area contributed by atoms with Crippen LogP contribution in [-0.2, 0) is 18.3 Å². The van der Waals surface area contributed by atoms with E-state index in [4.69, 9.17) is 16.3 Å². The standard InChI is InChI=1S/C12H21ClN4O/c1-16-11(13)9-15-12(16)10-14-3-2-4-17-5-7-18-8-6-17/h9,14H,2-8,10H2,1H3. The molecule has 1 aliphatic rings. The van der Waals surface area contributed by atoms with Gasteiger partial charge in [0.15, 0.2) is 0 Å². The number of halogens is 1. The number of aromatic nitrogens is 2. The van der Waals surface area contributed by atoms with E-state index < -0.39 is 0 Å². The summed E-state index contributed by atoms with van der Waals surface area (Å²) >= 11 is 5.93. The molecule has 0 aliphatic carbocycles. The Labute approximate surface area is 113 Å². The summed E-state index contributed by atoms with van der Waals surface area (Å²) in [6.45, 7) is 6.79. The number of nitrogens with zero attached hydrogens (tertiary/aromatic N) is 3. The van der Waals surface area contributed by atoms with Crippen LogP contribution in [0.15, 0.2) is 6.20 Å². The number of nitrogens with one attached hydrogen (secondary N) is 1. The van der Waals surface area contributed by atoms with Gasteiger partial charge in [-0.2, -0.15) is 0 Å². The molecule has 1 aromatic heterocycles. The first-order valence-electron chi connectivity index (χ1n) is 6.44. The zero-order valence-corrected chi connectivity index (χ0v) is 11.6. The summed E-state index contributed by atoms with van der Waals surface area (Å²) in [4.78, 5) is 6.69. The highest BCUT2D eigenvalue weighted by atomic mass is 35.5. The zero-order valence-electron chi connectivity index (χ0n) is 10.9. The van der Waals surface area contributed by atoms with Crippen LogP contribution < -0.4 is 5.32 Å². The third kappa shape index (κ3) is 3.95. The van der Waals surface area contributed by atoms with E-state index in [0.29, 0.717) is 5.15 Å². The first kappa shape index (κ1) is 13.8. The van der Waals surface area contributed by atoms with E-state index in [1.807, 2.05) is 11.6 Å². The molecule has 0 radical (unpaired) electrons. The van der Waals surface area contributed by atoms with Crippen LogP contribution in [0.4, 0.5) is 0 Å². The molecule has 1 aliphatic heterocycles. The molecule has 2 heterocycles. The first-order chi connectivity index (χ1) is 8.77. The van der Waals surface area contributed by atoms with Crippen LogP contribution in [0.5, 0.6) is 0 Å². The van der Waals surface area contributed by atoms with Crippen molar-refractivity contribution in [2.24, 2.45) is 7.05 Å². The van der Waals surface area contributed by atoms with Gasteiger partial charge in [0.2, 0.25) is 0 Å².